The second-order valence-electron chi connectivity index (χ2n) is 6.22. The molecular weight excluding hydrogens is 390 g/mol. The van der Waals surface area contributed by atoms with Gasteiger partial charge in [0, 0.05) is 10.6 Å². The zero-order valence-corrected chi connectivity index (χ0v) is 16.4. The van der Waals surface area contributed by atoms with E-state index in [1.165, 1.54) is 13.1 Å². The molecule has 0 spiro atoms. The number of nitrogens with zero attached hydrogens (tertiary/aromatic N) is 4. The second-order valence-corrected chi connectivity index (χ2v) is 6.65. The van der Waals surface area contributed by atoms with E-state index in [1.807, 2.05) is 25.1 Å². The Bertz CT molecular complexity index is 1220. The van der Waals surface area contributed by atoms with E-state index < -0.39 is 11.5 Å². The van der Waals surface area contributed by atoms with Crippen LogP contribution >= 0.6 is 11.6 Å². The van der Waals surface area contributed by atoms with Crippen molar-refractivity contribution in [2.24, 2.45) is 5.10 Å². The van der Waals surface area contributed by atoms with Gasteiger partial charge in [0.1, 0.15) is 11.6 Å². The van der Waals surface area contributed by atoms with Crippen molar-refractivity contribution in [1.29, 1.82) is 5.26 Å². The van der Waals surface area contributed by atoms with Crippen LogP contribution in [0.3, 0.4) is 0 Å². The van der Waals surface area contributed by atoms with E-state index in [2.05, 4.69) is 15.6 Å². The molecule has 0 fully saturated rings. The summed E-state index contributed by atoms with van der Waals surface area (Å²) in [6, 6.07) is 15.9. The first kappa shape index (κ1) is 20.0. The molecule has 3 rings (SSSR count). The summed E-state index contributed by atoms with van der Waals surface area (Å²) in [4.78, 5) is 25.3. The number of hydrazone groups is 1. The van der Waals surface area contributed by atoms with Gasteiger partial charge in [-0.05, 0) is 43.2 Å². The maximum absolute atomic E-state index is 12.7. The Balaban J connectivity index is 1.99. The summed E-state index contributed by atoms with van der Waals surface area (Å²) in [7, 11) is 0. The fraction of sp³-hybridized carbons (Fsp3) is 0.0952. The van der Waals surface area contributed by atoms with Gasteiger partial charge in [0.05, 0.1) is 11.9 Å². The normalized spacial score (nSPS) is 10.7. The van der Waals surface area contributed by atoms with Gasteiger partial charge in [-0.3, -0.25) is 9.59 Å². The van der Waals surface area contributed by atoms with E-state index in [9.17, 15) is 14.9 Å². The number of amides is 1. The summed E-state index contributed by atoms with van der Waals surface area (Å²) in [5, 5.41) is 18.1. The molecule has 0 aliphatic carbocycles. The van der Waals surface area contributed by atoms with Crippen molar-refractivity contribution in [1.82, 2.24) is 15.2 Å². The summed E-state index contributed by atoms with van der Waals surface area (Å²) in [5.41, 5.74) is 3.74. The van der Waals surface area contributed by atoms with Gasteiger partial charge in [0.2, 0.25) is 0 Å². The van der Waals surface area contributed by atoms with Gasteiger partial charge < -0.3 is 0 Å². The topological polar surface area (TPSA) is 100 Å². The Morgan fingerprint density at radius 2 is 2.00 bits per heavy atom. The monoisotopic (exact) mass is 405 g/mol. The van der Waals surface area contributed by atoms with Crippen LogP contribution in [0.4, 0.5) is 0 Å². The van der Waals surface area contributed by atoms with Crippen LogP contribution in [0.5, 0.6) is 0 Å². The number of nitrogens with one attached hydrogen (secondary N) is 1. The highest BCUT2D eigenvalue weighted by molar-refractivity contribution is 6.30. The van der Waals surface area contributed by atoms with Gasteiger partial charge in [0.15, 0.2) is 5.69 Å². The number of carbonyl (C=O) groups excluding carboxylic acids is 1. The number of benzene rings is 2. The van der Waals surface area contributed by atoms with E-state index in [4.69, 9.17) is 11.6 Å². The number of nitriles is 1. The van der Waals surface area contributed by atoms with E-state index in [0.717, 1.165) is 10.2 Å². The number of carbonyl (C=O) groups is 1. The smallest absolute Gasteiger partial charge is 0.266 e. The fourth-order valence-electron chi connectivity index (χ4n) is 2.72. The highest BCUT2D eigenvalue weighted by Crippen LogP contribution is 2.14. The summed E-state index contributed by atoms with van der Waals surface area (Å²) in [5.74, 6) is -0.639. The van der Waals surface area contributed by atoms with Gasteiger partial charge in [-0.1, -0.05) is 41.9 Å². The average molecular weight is 406 g/mol. The molecule has 0 saturated heterocycles. The molecule has 0 bridgehead atoms. The Hall–Kier alpha value is -3.76. The second kappa shape index (κ2) is 8.50. The van der Waals surface area contributed by atoms with Crippen molar-refractivity contribution in [3.63, 3.8) is 0 Å². The van der Waals surface area contributed by atoms with Crippen molar-refractivity contribution >= 4 is 23.7 Å². The standard InChI is InChI=1S/C21H16ClN5O2/c1-13-6-3-4-9-18(13)27-21(29)17(11-23)14(2)19(26-27)20(28)25-24-12-15-7-5-8-16(22)10-15/h3-10,12H,1-2H3,(H,25,28)/b24-12+. The Kier molecular flexibility index (Phi) is 5.86. The molecule has 0 radical (unpaired) electrons. The molecule has 1 aromatic heterocycles. The summed E-state index contributed by atoms with van der Waals surface area (Å²) in [6.07, 6.45) is 1.43. The summed E-state index contributed by atoms with van der Waals surface area (Å²) < 4.78 is 1.07. The predicted octanol–water partition coefficient (Wildman–Crippen LogP) is 3.14. The third-order valence-electron chi connectivity index (χ3n) is 4.24. The lowest BCUT2D eigenvalue weighted by molar-refractivity contribution is 0.0947. The molecule has 7 nitrogen and oxygen atoms in total. The molecule has 3 aromatic rings. The number of para-hydroxylation sites is 1. The third kappa shape index (κ3) is 4.23. The van der Waals surface area contributed by atoms with Crippen LogP contribution in [0.2, 0.25) is 5.02 Å². The van der Waals surface area contributed by atoms with Crippen LogP contribution in [0, 0.1) is 25.2 Å². The molecule has 0 aliphatic rings. The van der Waals surface area contributed by atoms with Crippen LogP contribution in [0.25, 0.3) is 5.69 Å². The SMILES string of the molecule is Cc1ccccc1-n1nc(C(=O)N/N=C/c2cccc(Cl)c2)c(C)c(C#N)c1=O. The van der Waals surface area contributed by atoms with E-state index in [1.54, 1.807) is 36.4 Å². The van der Waals surface area contributed by atoms with Gasteiger partial charge in [-0.2, -0.15) is 20.1 Å². The molecule has 2 aromatic carbocycles. The van der Waals surface area contributed by atoms with Crippen LogP contribution < -0.4 is 11.0 Å². The van der Waals surface area contributed by atoms with E-state index >= 15 is 0 Å². The first-order valence-electron chi connectivity index (χ1n) is 8.61. The summed E-state index contributed by atoms with van der Waals surface area (Å²) >= 11 is 5.92. The first-order chi connectivity index (χ1) is 13.9. The van der Waals surface area contributed by atoms with E-state index in [0.29, 0.717) is 16.3 Å². The lowest BCUT2D eigenvalue weighted by Crippen LogP contribution is -2.31. The molecule has 144 valence electrons. The molecule has 1 heterocycles. The van der Waals surface area contributed by atoms with Crippen molar-refractivity contribution < 1.29 is 4.79 Å². The number of rotatable bonds is 4. The number of halogens is 1. The lowest BCUT2D eigenvalue weighted by atomic mass is 10.1. The zero-order chi connectivity index (χ0) is 21.0. The van der Waals surface area contributed by atoms with Crippen molar-refractivity contribution in [2.75, 3.05) is 0 Å². The Labute approximate surface area is 171 Å². The highest BCUT2D eigenvalue weighted by Gasteiger charge is 2.20. The number of hydrogen-bond acceptors (Lipinski definition) is 5. The minimum Gasteiger partial charge on any atom is -0.266 e. The summed E-state index contributed by atoms with van der Waals surface area (Å²) in [6.45, 7) is 3.31. The van der Waals surface area contributed by atoms with E-state index in [-0.39, 0.29) is 16.8 Å². The van der Waals surface area contributed by atoms with Gasteiger partial charge in [-0.15, -0.1) is 0 Å². The van der Waals surface area contributed by atoms with Gasteiger partial charge >= 0.3 is 0 Å². The molecule has 1 amide bonds. The number of aromatic nitrogens is 2. The number of aryl methyl sites for hydroxylation is 1. The first-order valence-corrected chi connectivity index (χ1v) is 8.99. The van der Waals surface area contributed by atoms with Crippen LogP contribution in [-0.2, 0) is 0 Å². The van der Waals surface area contributed by atoms with Crippen LogP contribution in [0.15, 0.2) is 58.4 Å². The minimum absolute atomic E-state index is 0.0624. The molecule has 0 saturated carbocycles. The van der Waals surface area contributed by atoms with Crippen molar-refractivity contribution in [2.45, 2.75) is 13.8 Å². The van der Waals surface area contributed by atoms with Gasteiger partial charge in [0.25, 0.3) is 11.5 Å². The quantitative estimate of drug-likeness (QED) is 0.532. The third-order valence-corrected chi connectivity index (χ3v) is 4.47. The van der Waals surface area contributed by atoms with Crippen molar-refractivity contribution in [3.05, 3.63) is 91.9 Å². The highest BCUT2D eigenvalue weighted by atomic mass is 35.5. The minimum atomic E-state index is -0.639. The maximum atomic E-state index is 12.7. The fourth-order valence-corrected chi connectivity index (χ4v) is 2.92. The largest absolute Gasteiger partial charge is 0.292 e. The number of hydrogen-bond donors (Lipinski definition) is 1. The Morgan fingerprint density at radius 3 is 2.69 bits per heavy atom. The molecule has 29 heavy (non-hydrogen) atoms. The average Bonchev–Trinajstić information content (AvgIpc) is 2.69. The molecule has 8 heteroatoms. The Morgan fingerprint density at radius 1 is 1.24 bits per heavy atom. The molecule has 0 unspecified atom stereocenters. The maximum Gasteiger partial charge on any atom is 0.292 e. The van der Waals surface area contributed by atoms with Crippen LogP contribution in [0.1, 0.15) is 32.7 Å². The van der Waals surface area contributed by atoms with Crippen molar-refractivity contribution in [3.8, 4) is 11.8 Å². The molecule has 0 aliphatic heterocycles. The lowest BCUT2D eigenvalue weighted by Gasteiger charge is -2.12. The zero-order valence-electron chi connectivity index (χ0n) is 15.7. The van der Waals surface area contributed by atoms with Gasteiger partial charge in [-0.25, -0.2) is 5.43 Å². The molecular formula is C21H16ClN5O2. The van der Waals surface area contributed by atoms with Crippen LogP contribution in [-0.4, -0.2) is 21.9 Å². The predicted molar refractivity (Wildman–Crippen MR) is 111 cm³/mol. The molecule has 1 N–H and O–H groups in total. The molecule has 0 atom stereocenters.